The van der Waals surface area contributed by atoms with Gasteiger partial charge in [-0.2, -0.15) is 0 Å². The van der Waals surface area contributed by atoms with Crippen LogP contribution in [-0.2, 0) is 0 Å². The molecule has 0 radical (unpaired) electrons. The summed E-state index contributed by atoms with van der Waals surface area (Å²) in [6, 6.07) is 6.92. The molecular weight excluding hydrogens is 202 g/mol. The predicted molar refractivity (Wildman–Crippen MR) is 63.0 cm³/mol. The summed E-state index contributed by atoms with van der Waals surface area (Å²) in [5, 5.41) is 9.52. The van der Waals surface area contributed by atoms with Crippen molar-refractivity contribution >= 4 is 5.69 Å². The molecule has 1 aromatic heterocycles. The van der Waals surface area contributed by atoms with E-state index in [1.807, 2.05) is 19.9 Å². The third-order valence-corrected chi connectivity index (χ3v) is 2.27. The molecule has 0 amide bonds. The van der Waals surface area contributed by atoms with Gasteiger partial charge in [-0.25, -0.2) is 9.97 Å². The Kier molecular flexibility index (Phi) is 2.48. The summed E-state index contributed by atoms with van der Waals surface area (Å²) < 4.78 is 0. The summed E-state index contributed by atoms with van der Waals surface area (Å²) in [6.07, 6.45) is 0. The number of aromatic hydroxyl groups is 1. The zero-order valence-corrected chi connectivity index (χ0v) is 9.23. The number of rotatable bonds is 1. The lowest BCUT2D eigenvalue weighted by atomic mass is 10.1. The van der Waals surface area contributed by atoms with Crippen LogP contribution in [0.15, 0.2) is 24.3 Å². The number of hydrogen-bond donors (Lipinski definition) is 2. The monoisotopic (exact) mass is 215 g/mol. The minimum Gasteiger partial charge on any atom is -0.506 e. The van der Waals surface area contributed by atoms with Crippen molar-refractivity contribution in [3.05, 3.63) is 35.7 Å². The second-order valence-electron chi connectivity index (χ2n) is 3.75. The van der Waals surface area contributed by atoms with Crippen LogP contribution in [0.4, 0.5) is 5.69 Å². The van der Waals surface area contributed by atoms with Gasteiger partial charge in [0.1, 0.15) is 5.75 Å². The first kappa shape index (κ1) is 10.4. The first-order valence-electron chi connectivity index (χ1n) is 4.97. The van der Waals surface area contributed by atoms with E-state index >= 15 is 0 Å². The Hall–Kier alpha value is -2.10. The Labute approximate surface area is 93.8 Å². The van der Waals surface area contributed by atoms with Crippen LogP contribution in [-0.4, -0.2) is 15.1 Å². The minimum absolute atomic E-state index is 0.0558. The molecule has 4 heteroatoms. The van der Waals surface area contributed by atoms with E-state index in [9.17, 15) is 5.11 Å². The maximum atomic E-state index is 9.52. The number of nitrogens with two attached hydrogens (primary N) is 1. The summed E-state index contributed by atoms with van der Waals surface area (Å²) >= 11 is 0. The molecule has 0 bridgehead atoms. The molecule has 0 aliphatic heterocycles. The van der Waals surface area contributed by atoms with Crippen LogP contribution in [0.3, 0.4) is 0 Å². The number of hydrogen-bond acceptors (Lipinski definition) is 4. The Morgan fingerprint density at radius 3 is 2.25 bits per heavy atom. The number of phenolic OH excluding ortho intramolecular Hbond substituents is 1. The number of nitrogen functional groups attached to an aromatic ring is 1. The average Bonchev–Trinajstić information content (AvgIpc) is 2.20. The Morgan fingerprint density at radius 1 is 1.06 bits per heavy atom. The highest BCUT2D eigenvalue weighted by atomic mass is 16.3. The highest BCUT2D eigenvalue weighted by molar-refractivity contribution is 5.64. The zero-order valence-electron chi connectivity index (χ0n) is 9.23. The lowest BCUT2D eigenvalue weighted by Crippen LogP contribution is -1.95. The van der Waals surface area contributed by atoms with Crippen molar-refractivity contribution in [2.75, 3.05) is 5.73 Å². The fraction of sp³-hybridized carbons (Fsp3) is 0.167. The van der Waals surface area contributed by atoms with Crippen molar-refractivity contribution in [3.63, 3.8) is 0 Å². The van der Waals surface area contributed by atoms with E-state index in [1.54, 1.807) is 18.2 Å². The second kappa shape index (κ2) is 3.81. The van der Waals surface area contributed by atoms with Crippen LogP contribution in [0.5, 0.6) is 5.75 Å². The van der Waals surface area contributed by atoms with Gasteiger partial charge in [0, 0.05) is 17.0 Å². The highest BCUT2D eigenvalue weighted by Crippen LogP contribution is 2.26. The molecule has 2 rings (SSSR count). The van der Waals surface area contributed by atoms with Crippen LogP contribution < -0.4 is 5.73 Å². The fourth-order valence-corrected chi connectivity index (χ4v) is 1.54. The first-order valence-corrected chi connectivity index (χ1v) is 4.97. The Morgan fingerprint density at radius 2 is 1.69 bits per heavy atom. The summed E-state index contributed by atoms with van der Waals surface area (Å²) in [7, 11) is 0. The number of phenols is 1. The van der Waals surface area contributed by atoms with Gasteiger partial charge in [0.15, 0.2) is 5.82 Å². The lowest BCUT2D eigenvalue weighted by Gasteiger charge is -2.05. The van der Waals surface area contributed by atoms with E-state index in [1.165, 1.54) is 0 Å². The van der Waals surface area contributed by atoms with Crippen LogP contribution in [0, 0.1) is 13.8 Å². The predicted octanol–water partition coefficient (Wildman–Crippen LogP) is 2.05. The molecule has 1 heterocycles. The van der Waals surface area contributed by atoms with Crippen molar-refractivity contribution in [3.8, 4) is 17.1 Å². The van der Waals surface area contributed by atoms with E-state index in [0.717, 1.165) is 17.0 Å². The maximum absolute atomic E-state index is 9.52. The molecule has 0 aliphatic carbocycles. The van der Waals surface area contributed by atoms with Gasteiger partial charge < -0.3 is 10.8 Å². The molecule has 82 valence electrons. The summed E-state index contributed by atoms with van der Waals surface area (Å²) in [5.74, 6) is 0.660. The van der Waals surface area contributed by atoms with Crippen molar-refractivity contribution in [2.45, 2.75) is 13.8 Å². The molecule has 0 atom stereocenters. The average molecular weight is 215 g/mol. The van der Waals surface area contributed by atoms with Gasteiger partial charge in [0.2, 0.25) is 0 Å². The zero-order chi connectivity index (χ0) is 11.7. The summed E-state index contributed by atoms with van der Waals surface area (Å²) in [6.45, 7) is 3.82. The highest BCUT2D eigenvalue weighted by Gasteiger charge is 2.05. The van der Waals surface area contributed by atoms with Gasteiger partial charge in [0.05, 0.1) is 5.69 Å². The molecular formula is C12H13N3O. The van der Waals surface area contributed by atoms with Crippen molar-refractivity contribution < 1.29 is 5.11 Å². The molecule has 0 saturated heterocycles. The Balaban J connectivity index is 2.54. The maximum Gasteiger partial charge on any atom is 0.159 e. The van der Waals surface area contributed by atoms with Gasteiger partial charge in [-0.05, 0) is 38.1 Å². The SMILES string of the molecule is Cc1cc(C)nc(-c2ccc(N)c(O)c2)n1. The molecule has 0 spiro atoms. The van der Waals surface area contributed by atoms with Gasteiger partial charge in [0.25, 0.3) is 0 Å². The molecule has 0 fully saturated rings. The quantitative estimate of drug-likeness (QED) is 0.564. The molecule has 4 nitrogen and oxygen atoms in total. The van der Waals surface area contributed by atoms with Gasteiger partial charge >= 0.3 is 0 Å². The fourth-order valence-electron chi connectivity index (χ4n) is 1.54. The molecule has 1 aromatic carbocycles. The van der Waals surface area contributed by atoms with Crippen LogP contribution in [0.25, 0.3) is 11.4 Å². The first-order chi connectivity index (χ1) is 7.56. The number of aryl methyl sites for hydroxylation is 2. The molecule has 0 aliphatic rings. The number of nitrogens with zero attached hydrogens (tertiary/aromatic N) is 2. The third kappa shape index (κ3) is 1.95. The van der Waals surface area contributed by atoms with E-state index < -0.39 is 0 Å². The molecule has 3 N–H and O–H groups in total. The third-order valence-electron chi connectivity index (χ3n) is 2.27. The van der Waals surface area contributed by atoms with Crippen LogP contribution >= 0.6 is 0 Å². The number of aromatic nitrogens is 2. The Bertz CT molecular complexity index is 518. The van der Waals surface area contributed by atoms with Crippen LogP contribution in [0.2, 0.25) is 0 Å². The summed E-state index contributed by atoms with van der Waals surface area (Å²) in [4.78, 5) is 8.62. The molecule has 2 aromatic rings. The normalized spacial score (nSPS) is 10.4. The molecule has 0 saturated carbocycles. The van der Waals surface area contributed by atoms with Crippen LogP contribution in [0.1, 0.15) is 11.4 Å². The van der Waals surface area contributed by atoms with Gasteiger partial charge in [-0.15, -0.1) is 0 Å². The van der Waals surface area contributed by atoms with Crippen molar-refractivity contribution in [1.29, 1.82) is 0 Å². The standard InChI is InChI=1S/C12H13N3O/c1-7-5-8(2)15-12(14-7)9-3-4-10(13)11(16)6-9/h3-6,16H,13H2,1-2H3. The van der Waals surface area contributed by atoms with E-state index in [2.05, 4.69) is 9.97 Å². The lowest BCUT2D eigenvalue weighted by molar-refractivity contribution is 0.478. The topological polar surface area (TPSA) is 72.0 Å². The largest absolute Gasteiger partial charge is 0.506 e. The number of benzene rings is 1. The smallest absolute Gasteiger partial charge is 0.159 e. The minimum atomic E-state index is 0.0558. The van der Waals surface area contributed by atoms with Gasteiger partial charge in [-0.3, -0.25) is 0 Å². The molecule has 0 unspecified atom stereocenters. The number of anilines is 1. The molecule has 16 heavy (non-hydrogen) atoms. The van der Waals surface area contributed by atoms with E-state index in [4.69, 9.17) is 5.73 Å². The van der Waals surface area contributed by atoms with Gasteiger partial charge in [-0.1, -0.05) is 0 Å². The second-order valence-corrected chi connectivity index (χ2v) is 3.75. The van der Waals surface area contributed by atoms with E-state index in [-0.39, 0.29) is 5.75 Å². The summed E-state index contributed by atoms with van der Waals surface area (Å²) in [5.41, 5.74) is 8.46. The van der Waals surface area contributed by atoms with Crippen molar-refractivity contribution in [2.24, 2.45) is 0 Å². The van der Waals surface area contributed by atoms with Crippen molar-refractivity contribution in [1.82, 2.24) is 9.97 Å². The van der Waals surface area contributed by atoms with E-state index in [0.29, 0.717) is 11.5 Å².